The quantitative estimate of drug-likeness (QED) is 0.799. The van der Waals surface area contributed by atoms with E-state index in [2.05, 4.69) is 5.32 Å². The molecule has 1 nitrogen and oxygen atoms in total. The molecule has 1 aliphatic heterocycles. The highest BCUT2D eigenvalue weighted by molar-refractivity contribution is 5.29. The van der Waals surface area contributed by atoms with Crippen LogP contribution in [-0.2, 0) is 6.67 Å². The summed E-state index contributed by atoms with van der Waals surface area (Å²) in [5.74, 6) is -1.82. The van der Waals surface area contributed by atoms with E-state index in [0.717, 1.165) is 19.0 Å². The summed E-state index contributed by atoms with van der Waals surface area (Å²) in [6, 6.07) is 2.34. The first-order valence-electron chi connectivity index (χ1n) is 4.97. The first-order valence-corrected chi connectivity index (χ1v) is 4.97. The average molecular weight is 215 g/mol. The minimum atomic E-state index is -0.952. The zero-order chi connectivity index (χ0) is 10.8. The molecule has 0 amide bonds. The lowest BCUT2D eigenvalue weighted by atomic mass is 9.96. The van der Waals surface area contributed by atoms with Crippen LogP contribution in [0.3, 0.4) is 0 Å². The highest BCUT2D eigenvalue weighted by Crippen LogP contribution is 2.27. The van der Waals surface area contributed by atoms with Crippen molar-refractivity contribution in [3.05, 3.63) is 34.9 Å². The van der Waals surface area contributed by atoms with Gasteiger partial charge >= 0.3 is 0 Å². The molecule has 1 aromatic rings. The summed E-state index contributed by atoms with van der Waals surface area (Å²) < 4.78 is 39.0. The van der Waals surface area contributed by atoms with E-state index >= 15 is 0 Å². The van der Waals surface area contributed by atoms with Crippen molar-refractivity contribution >= 4 is 0 Å². The molecule has 1 atom stereocenters. The number of nitrogens with one attached hydrogen (secondary N) is 1. The van der Waals surface area contributed by atoms with Gasteiger partial charge in [0.15, 0.2) is 11.6 Å². The van der Waals surface area contributed by atoms with Gasteiger partial charge in [-0.25, -0.2) is 13.2 Å². The van der Waals surface area contributed by atoms with Crippen molar-refractivity contribution in [2.75, 3.05) is 13.1 Å². The van der Waals surface area contributed by atoms with E-state index in [1.165, 1.54) is 6.07 Å². The van der Waals surface area contributed by atoms with Crippen LogP contribution in [-0.4, -0.2) is 13.1 Å². The molecule has 1 aliphatic rings. The van der Waals surface area contributed by atoms with E-state index in [4.69, 9.17) is 0 Å². The molecule has 2 rings (SSSR count). The van der Waals surface area contributed by atoms with E-state index in [1.54, 1.807) is 0 Å². The Kier molecular flexibility index (Phi) is 2.95. The van der Waals surface area contributed by atoms with Gasteiger partial charge in [-0.15, -0.1) is 0 Å². The highest BCUT2D eigenvalue weighted by Gasteiger charge is 2.22. The van der Waals surface area contributed by atoms with Crippen LogP contribution in [0.2, 0.25) is 0 Å². The summed E-state index contributed by atoms with van der Waals surface area (Å²) in [6.07, 6.45) is 0.770. The molecule has 15 heavy (non-hydrogen) atoms. The Balaban J connectivity index is 2.39. The van der Waals surface area contributed by atoms with Gasteiger partial charge in [0.2, 0.25) is 0 Å². The van der Waals surface area contributed by atoms with Gasteiger partial charge < -0.3 is 5.32 Å². The van der Waals surface area contributed by atoms with E-state index in [1.807, 2.05) is 0 Å². The van der Waals surface area contributed by atoms with Crippen molar-refractivity contribution in [2.45, 2.75) is 19.0 Å². The summed E-state index contributed by atoms with van der Waals surface area (Å²) >= 11 is 0. The maximum Gasteiger partial charge on any atom is 0.162 e. The molecule has 1 fully saturated rings. The average Bonchev–Trinajstić information content (AvgIpc) is 2.75. The van der Waals surface area contributed by atoms with Crippen LogP contribution in [0.25, 0.3) is 0 Å². The van der Waals surface area contributed by atoms with Crippen molar-refractivity contribution in [3.8, 4) is 0 Å². The van der Waals surface area contributed by atoms with Gasteiger partial charge in [-0.1, -0.05) is 0 Å². The summed E-state index contributed by atoms with van der Waals surface area (Å²) in [7, 11) is 0. The first-order chi connectivity index (χ1) is 7.22. The lowest BCUT2D eigenvalue weighted by molar-refractivity contribution is 0.464. The van der Waals surface area contributed by atoms with Gasteiger partial charge in [0, 0.05) is 12.5 Å². The van der Waals surface area contributed by atoms with Crippen LogP contribution < -0.4 is 5.32 Å². The van der Waals surface area contributed by atoms with Gasteiger partial charge in [0.25, 0.3) is 0 Å². The van der Waals surface area contributed by atoms with Crippen molar-refractivity contribution in [3.63, 3.8) is 0 Å². The Morgan fingerprint density at radius 2 is 2.13 bits per heavy atom. The van der Waals surface area contributed by atoms with Crippen LogP contribution in [0.15, 0.2) is 12.1 Å². The minimum absolute atomic E-state index is 0.0361. The molecule has 4 heteroatoms. The molecular formula is C11H12F3N. The van der Waals surface area contributed by atoms with E-state index < -0.39 is 18.3 Å². The fraction of sp³-hybridized carbons (Fsp3) is 0.455. The fourth-order valence-corrected chi connectivity index (χ4v) is 1.96. The van der Waals surface area contributed by atoms with Crippen LogP contribution in [0.1, 0.15) is 23.5 Å². The molecule has 1 aromatic carbocycles. The molecule has 0 spiro atoms. The molecule has 0 radical (unpaired) electrons. The summed E-state index contributed by atoms with van der Waals surface area (Å²) in [6.45, 7) is 0.669. The predicted molar refractivity (Wildman–Crippen MR) is 51.4 cm³/mol. The molecule has 0 aromatic heterocycles. The standard InChI is InChI=1S/C11H12F3N/c12-5-7-3-9(8-1-2-15-6-8)11(14)10(13)4-7/h3-4,8,15H,1-2,5-6H2. The zero-order valence-electron chi connectivity index (χ0n) is 8.19. The molecule has 0 aliphatic carbocycles. The maximum absolute atomic E-state index is 13.4. The maximum atomic E-state index is 13.4. The van der Waals surface area contributed by atoms with Crippen molar-refractivity contribution < 1.29 is 13.2 Å². The molecule has 1 heterocycles. The van der Waals surface area contributed by atoms with Crippen LogP contribution in [0, 0.1) is 11.6 Å². The van der Waals surface area contributed by atoms with E-state index in [0.29, 0.717) is 12.1 Å². The smallest absolute Gasteiger partial charge is 0.162 e. The summed E-state index contributed by atoms with van der Waals surface area (Å²) in [4.78, 5) is 0. The molecule has 1 N–H and O–H groups in total. The van der Waals surface area contributed by atoms with Crippen LogP contribution >= 0.6 is 0 Å². The molecule has 82 valence electrons. The van der Waals surface area contributed by atoms with Gasteiger partial charge in [-0.2, -0.15) is 0 Å². The third kappa shape index (κ3) is 2.00. The Hall–Kier alpha value is -1.03. The normalized spacial score (nSPS) is 20.9. The number of rotatable bonds is 2. The number of hydrogen-bond acceptors (Lipinski definition) is 1. The molecule has 0 saturated carbocycles. The Morgan fingerprint density at radius 3 is 2.73 bits per heavy atom. The van der Waals surface area contributed by atoms with E-state index in [9.17, 15) is 13.2 Å². The van der Waals surface area contributed by atoms with Crippen LogP contribution in [0.4, 0.5) is 13.2 Å². The SMILES string of the molecule is FCc1cc(F)c(F)c(C2CCNC2)c1. The van der Waals surface area contributed by atoms with Gasteiger partial charge in [0.05, 0.1) is 0 Å². The number of hydrogen-bond donors (Lipinski definition) is 1. The Labute approximate surface area is 86.3 Å². The second-order valence-corrected chi connectivity index (χ2v) is 3.80. The van der Waals surface area contributed by atoms with Gasteiger partial charge in [0.1, 0.15) is 6.67 Å². The second kappa shape index (κ2) is 4.23. The molecule has 1 unspecified atom stereocenters. The lowest BCUT2D eigenvalue weighted by Gasteiger charge is -2.11. The highest BCUT2D eigenvalue weighted by atomic mass is 19.2. The third-order valence-electron chi connectivity index (χ3n) is 2.77. The Morgan fingerprint density at radius 1 is 1.33 bits per heavy atom. The lowest BCUT2D eigenvalue weighted by Crippen LogP contribution is -2.10. The molecule has 0 bridgehead atoms. The topological polar surface area (TPSA) is 12.0 Å². The predicted octanol–water partition coefficient (Wildman–Crippen LogP) is 2.51. The summed E-state index contributed by atoms with van der Waals surface area (Å²) in [5.41, 5.74) is 0.503. The van der Waals surface area contributed by atoms with E-state index in [-0.39, 0.29) is 11.5 Å². The van der Waals surface area contributed by atoms with Gasteiger partial charge in [-0.05, 0) is 36.2 Å². The number of halogens is 3. The summed E-state index contributed by atoms with van der Waals surface area (Å²) in [5, 5.41) is 3.07. The minimum Gasteiger partial charge on any atom is -0.316 e. The van der Waals surface area contributed by atoms with Crippen molar-refractivity contribution in [1.29, 1.82) is 0 Å². The fourth-order valence-electron chi connectivity index (χ4n) is 1.96. The largest absolute Gasteiger partial charge is 0.316 e. The van der Waals surface area contributed by atoms with Crippen molar-refractivity contribution in [1.82, 2.24) is 5.32 Å². The van der Waals surface area contributed by atoms with Crippen LogP contribution in [0.5, 0.6) is 0 Å². The second-order valence-electron chi connectivity index (χ2n) is 3.80. The van der Waals surface area contributed by atoms with Crippen molar-refractivity contribution in [2.24, 2.45) is 0 Å². The third-order valence-corrected chi connectivity index (χ3v) is 2.77. The Bertz CT molecular complexity index is 359. The zero-order valence-corrected chi connectivity index (χ0v) is 8.19. The molecular weight excluding hydrogens is 203 g/mol. The first kappa shape index (κ1) is 10.5. The molecule has 1 saturated heterocycles. The number of benzene rings is 1. The monoisotopic (exact) mass is 215 g/mol. The van der Waals surface area contributed by atoms with Gasteiger partial charge in [-0.3, -0.25) is 0 Å². The number of alkyl halides is 1.